The lowest BCUT2D eigenvalue weighted by atomic mass is 10.1. The van der Waals surface area contributed by atoms with Crippen LogP contribution < -0.4 is 0 Å². The van der Waals surface area contributed by atoms with E-state index in [-0.39, 0.29) is 11.7 Å². The van der Waals surface area contributed by atoms with Crippen LogP contribution in [0.3, 0.4) is 0 Å². The first-order valence-electron chi connectivity index (χ1n) is 6.88. The van der Waals surface area contributed by atoms with E-state index in [4.69, 9.17) is 9.47 Å². The SMILES string of the molecule is C=C(C)CCOC1(C)CCN(C(=O)OC(C)(C)C)C1. The summed E-state index contributed by atoms with van der Waals surface area (Å²) >= 11 is 0. The van der Waals surface area contributed by atoms with E-state index in [1.807, 2.05) is 27.7 Å². The second-order valence-electron chi connectivity index (χ2n) is 6.66. The summed E-state index contributed by atoms with van der Waals surface area (Å²) in [7, 11) is 0. The molecular weight excluding hydrogens is 242 g/mol. The lowest BCUT2D eigenvalue weighted by Crippen LogP contribution is -2.39. The van der Waals surface area contributed by atoms with Crippen LogP contribution in [-0.2, 0) is 9.47 Å². The van der Waals surface area contributed by atoms with Gasteiger partial charge in [-0.2, -0.15) is 0 Å². The highest BCUT2D eigenvalue weighted by Crippen LogP contribution is 2.26. The fourth-order valence-electron chi connectivity index (χ4n) is 2.01. The minimum absolute atomic E-state index is 0.250. The number of amides is 1. The monoisotopic (exact) mass is 269 g/mol. The van der Waals surface area contributed by atoms with E-state index in [9.17, 15) is 4.79 Å². The first kappa shape index (κ1) is 16.0. The molecule has 19 heavy (non-hydrogen) atoms. The molecule has 0 radical (unpaired) electrons. The van der Waals surface area contributed by atoms with E-state index in [0.717, 1.165) is 18.4 Å². The van der Waals surface area contributed by atoms with Crippen molar-refractivity contribution >= 4 is 6.09 Å². The van der Waals surface area contributed by atoms with Gasteiger partial charge in [0.05, 0.1) is 18.8 Å². The van der Waals surface area contributed by atoms with Crippen molar-refractivity contribution in [1.82, 2.24) is 4.90 Å². The van der Waals surface area contributed by atoms with Gasteiger partial charge in [0.15, 0.2) is 0 Å². The molecule has 0 aromatic carbocycles. The Labute approximate surface area is 116 Å². The number of carbonyl (C=O) groups is 1. The van der Waals surface area contributed by atoms with Gasteiger partial charge in [0, 0.05) is 6.54 Å². The van der Waals surface area contributed by atoms with E-state index < -0.39 is 5.60 Å². The summed E-state index contributed by atoms with van der Waals surface area (Å²) in [6.07, 6.45) is 1.46. The third-order valence-corrected chi connectivity index (χ3v) is 3.07. The Kier molecular flexibility index (Phi) is 5.02. The van der Waals surface area contributed by atoms with Gasteiger partial charge in [0.1, 0.15) is 5.60 Å². The molecular formula is C15H27NO3. The Hall–Kier alpha value is -1.03. The van der Waals surface area contributed by atoms with Gasteiger partial charge >= 0.3 is 6.09 Å². The zero-order chi connectivity index (χ0) is 14.7. The molecule has 1 fully saturated rings. The third-order valence-electron chi connectivity index (χ3n) is 3.07. The molecule has 0 N–H and O–H groups in total. The number of carbonyl (C=O) groups excluding carboxylic acids is 1. The molecule has 4 heteroatoms. The van der Waals surface area contributed by atoms with Crippen LogP contribution in [0.5, 0.6) is 0 Å². The summed E-state index contributed by atoms with van der Waals surface area (Å²) in [5.74, 6) is 0. The van der Waals surface area contributed by atoms with E-state index in [2.05, 4.69) is 13.5 Å². The van der Waals surface area contributed by atoms with Gasteiger partial charge in [-0.1, -0.05) is 5.57 Å². The van der Waals surface area contributed by atoms with Crippen LogP contribution >= 0.6 is 0 Å². The normalized spacial score (nSPS) is 23.5. The molecule has 1 atom stereocenters. The maximum Gasteiger partial charge on any atom is 0.410 e. The maximum absolute atomic E-state index is 12.0. The van der Waals surface area contributed by atoms with Crippen molar-refractivity contribution in [3.8, 4) is 0 Å². The molecule has 1 rings (SSSR count). The zero-order valence-electron chi connectivity index (χ0n) is 12.9. The number of rotatable bonds is 4. The van der Waals surface area contributed by atoms with Gasteiger partial charge in [0.2, 0.25) is 0 Å². The fourth-order valence-corrected chi connectivity index (χ4v) is 2.01. The molecule has 0 spiro atoms. The van der Waals surface area contributed by atoms with Gasteiger partial charge in [-0.25, -0.2) is 4.79 Å². The number of hydrogen-bond acceptors (Lipinski definition) is 3. The summed E-state index contributed by atoms with van der Waals surface area (Å²) in [6.45, 7) is 15.5. The van der Waals surface area contributed by atoms with Crippen molar-refractivity contribution in [2.75, 3.05) is 19.7 Å². The zero-order valence-corrected chi connectivity index (χ0v) is 12.9. The first-order chi connectivity index (χ1) is 8.61. The Bertz CT molecular complexity index is 346. The van der Waals surface area contributed by atoms with Crippen molar-refractivity contribution in [2.24, 2.45) is 0 Å². The molecule has 4 nitrogen and oxygen atoms in total. The molecule has 1 saturated heterocycles. The van der Waals surface area contributed by atoms with E-state index in [1.54, 1.807) is 4.90 Å². The molecule has 1 aliphatic heterocycles. The number of nitrogens with zero attached hydrogens (tertiary/aromatic N) is 1. The molecule has 1 unspecified atom stereocenters. The van der Waals surface area contributed by atoms with Gasteiger partial charge in [0.25, 0.3) is 0 Å². The van der Waals surface area contributed by atoms with Crippen LogP contribution in [0.4, 0.5) is 4.79 Å². The number of hydrogen-bond donors (Lipinski definition) is 0. The van der Waals surface area contributed by atoms with E-state index in [1.165, 1.54) is 0 Å². The van der Waals surface area contributed by atoms with Crippen molar-refractivity contribution in [1.29, 1.82) is 0 Å². The average Bonchev–Trinajstić information content (AvgIpc) is 2.58. The topological polar surface area (TPSA) is 38.8 Å². The number of likely N-dealkylation sites (tertiary alicyclic amines) is 1. The maximum atomic E-state index is 12.0. The van der Waals surface area contributed by atoms with Gasteiger partial charge in [-0.3, -0.25) is 0 Å². The van der Waals surface area contributed by atoms with Crippen molar-refractivity contribution < 1.29 is 14.3 Å². The molecule has 0 aromatic heterocycles. The average molecular weight is 269 g/mol. The van der Waals surface area contributed by atoms with Crippen LogP contribution in [0, 0.1) is 0 Å². The predicted molar refractivity (Wildman–Crippen MR) is 76.2 cm³/mol. The van der Waals surface area contributed by atoms with Gasteiger partial charge < -0.3 is 14.4 Å². The predicted octanol–water partition coefficient (Wildman–Crippen LogP) is 3.37. The van der Waals surface area contributed by atoms with Crippen molar-refractivity contribution in [3.63, 3.8) is 0 Å². The summed E-state index contributed by atoms with van der Waals surface area (Å²) in [4.78, 5) is 13.7. The highest BCUT2D eigenvalue weighted by molar-refractivity contribution is 5.68. The minimum atomic E-state index is -0.448. The quantitative estimate of drug-likeness (QED) is 0.734. The van der Waals surface area contributed by atoms with Crippen molar-refractivity contribution in [3.05, 3.63) is 12.2 Å². The van der Waals surface area contributed by atoms with Crippen LogP contribution in [0.2, 0.25) is 0 Å². The van der Waals surface area contributed by atoms with Gasteiger partial charge in [-0.05, 0) is 47.5 Å². The Morgan fingerprint density at radius 3 is 2.58 bits per heavy atom. The molecule has 1 amide bonds. The summed E-state index contributed by atoms with van der Waals surface area (Å²) in [5.41, 5.74) is 0.411. The summed E-state index contributed by atoms with van der Waals surface area (Å²) in [5, 5.41) is 0. The minimum Gasteiger partial charge on any atom is -0.444 e. The molecule has 0 aliphatic carbocycles. The van der Waals surface area contributed by atoms with Crippen LogP contribution in [-0.4, -0.2) is 41.9 Å². The van der Waals surface area contributed by atoms with E-state index >= 15 is 0 Å². The smallest absolute Gasteiger partial charge is 0.410 e. The number of ether oxygens (including phenoxy) is 2. The fraction of sp³-hybridized carbons (Fsp3) is 0.800. The van der Waals surface area contributed by atoms with E-state index in [0.29, 0.717) is 19.7 Å². The van der Waals surface area contributed by atoms with Crippen LogP contribution in [0.1, 0.15) is 47.5 Å². The summed E-state index contributed by atoms with van der Waals surface area (Å²) < 4.78 is 11.3. The third kappa shape index (κ3) is 5.64. The molecule has 1 heterocycles. The Balaban J connectivity index is 2.43. The largest absolute Gasteiger partial charge is 0.444 e. The lowest BCUT2D eigenvalue weighted by Gasteiger charge is -2.27. The highest BCUT2D eigenvalue weighted by atomic mass is 16.6. The molecule has 0 aromatic rings. The molecule has 110 valence electrons. The van der Waals surface area contributed by atoms with Crippen LogP contribution in [0.25, 0.3) is 0 Å². The van der Waals surface area contributed by atoms with Crippen LogP contribution in [0.15, 0.2) is 12.2 Å². The second-order valence-corrected chi connectivity index (χ2v) is 6.66. The molecule has 0 saturated carbocycles. The Morgan fingerprint density at radius 2 is 2.05 bits per heavy atom. The Morgan fingerprint density at radius 1 is 1.42 bits per heavy atom. The standard InChI is InChI=1S/C15H27NO3/c1-12(2)7-10-18-15(6)8-9-16(11-15)13(17)19-14(3,4)5/h1,7-11H2,2-6H3. The molecule has 1 aliphatic rings. The summed E-state index contributed by atoms with van der Waals surface area (Å²) in [6, 6.07) is 0. The van der Waals surface area contributed by atoms with Crippen molar-refractivity contribution in [2.45, 2.75) is 58.7 Å². The van der Waals surface area contributed by atoms with Gasteiger partial charge in [-0.15, -0.1) is 6.58 Å². The lowest BCUT2D eigenvalue weighted by molar-refractivity contribution is -0.0257. The molecule has 0 bridgehead atoms. The highest BCUT2D eigenvalue weighted by Gasteiger charge is 2.38. The first-order valence-corrected chi connectivity index (χ1v) is 6.88. The second kappa shape index (κ2) is 5.95.